The molecule has 6 rings (SSSR count). The molecule has 83 heavy (non-hydrogen) atoms. The number of aryl methyl sites for hydroxylation is 4. The molecule has 1 aromatic carbocycles. The van der Waals surface area contributed by atoms with Crippen LogP contribution in [0.25, 0.3) is 0 Å². The highest BCUT2D eigenvalue weighted by Crippen LogP contribution is 2.19. The molecule has 1 saturated heterocycles. The van der Waals surface area contributed by atoms with E-state index in [1.54, 1.807) is 24.3 Å². The molecule has 0 saturated carbocycles. The lowest BCUT2D eigenvalue weighted by atomic mass is 9.96. The van der Waals surface area contributed by atoms with Crippen LogP contribution in [0.5, 0.6) is 23.0 Å². The van der Waals surface area contributed by atoms with Gasteiger partial charge in [-0.15, -0.1) is 5.06 Å². The number of benzene rings is 1. The normalized spacial score (nSPS) is 12.3. The lowest BCUT2D eigenvalue weighted by Crippen LogP contribution is -2.46. The Hall–Kier alpha value is -9.70. The van der Waals surface area contributed by atoms with Gasteiger partial charge in [0.25, 0.3) is 57.7 Å². The fraction of sp³-hybridized carbons (Fsp3) is 0.382. The maximum atomic E-state index is 13.3. The Bertz CT molecular complexity index is 3180. The molecule has 1 aliphatic heterocycles. The molecule has 4 aromatic heterocycles. The second kappa shape index (κ2) is 28.6. The Morgan fingerprint density at radius 3 is 1.12 bits per heavy atom. The average Bonchev–Trinajstić information content (AvgIpc) is 3.77. The zero-order chi connectivity index (χ0) is 60.7. The van der Waals surface area contributed by atoms with Gasteiger partial charge in [0.2, 0.25) is 0 Å². The number of nitrogens with one attached hydrogen (secondary N) is 4. The van der Waals surface area contributed by atoms with Crippen molar-refractivity contribution >= 4 is 47.2 Å². The lowest BCUT2D eigenvalue weighted by molar-refractivity contribution is -0.197. The summed E-state index contributed by atoms with van der Waals surface area (Å²) in [6.45, 7) is 0.467. The predicted octanol–water partition coefficient (Wildman–Crippen LogP) is -1.71. The van der Waals surface area contributed by atoms with E-state index in [0.717, 1.165) is 23.8 Å². The van der Waals surface area contributed by atoms with Gasteiger partial charge in [-0.1, -0.05) is 24.3 Å². The molecule has 1 fully saturated rings. The number of pyridine rings is 4. The van der Waals surface area contributed by atoms with Crippen LogP contribution in [0.1, 0.15) is 78.2 Å². The van der Waals surface area contributed by atoms with Gasteiger partial charge < -0.3 is 64.8 Å². The van der Waals surface area contributed by atoms with Crippen LogP contribution in [0.2, 0.25) is 0 Å². The number of carbonyl (C=O) groups excluding carboxylic acids is 8. The minimum atomic E-state index is -0.920. The first-order valence-electron chi connectivity index (χ1n) is 26.2. The minimum Gasteiger partial charge on any atom is -0.502 e. The standard InChI is InChI=1S/C55H65N11O17/c1-60-21-13-37(44(71)52(60)79)48(75)56-17-25-64(26-18-57-49(76)38-14-22-61(2)53(80)45(38)72)31-35(29-33-5-7-34(8-6-33)30-36(67)9-12-43(70)83-66-41(68)10-11-42(66)69)32-65(27-19-58-50(77)39-15-23-62(3)54(81)46(39)73)28-20-59-51(78)40-16-24-63(4)55(82)47(40)74/h5-8,13-16,21-24,35,71-74H,9-12,17-20,25-32H2,1-4H3,(H,56,75)(H,57,76)(H,58,77)(H,59,78). The number of aromatic hydroxyl groups is 4. The van der Waals surface area contributed by atoms with Crippen LogP contribution < -0.4 is 43.5 Å². The Labute approximate surface area is 473 Å². The largest absolute Gasteiger partial charge is 0.502 e. The highest BCUT2D eigenvalue weighted by molar-refractivity contribution is 6.02. The van der Waals surface area contributed by atoms with Gasteiger partial charge >= 0.3 is 5.97 Å². The summed E-state index contributed by atoms with van der Waals surface area (Å²) in [6.07, 6.45) is 4.69. The number of hydrogen-bond acceptors (Lipinski definition) is 19. The number of carbonyl (C=O) groups is 8. The molecule has 28 nitrogen and oxygen atoms in total. The van der Waals surface area contributed by atoms with Crippen molar-refractivity contribution in [1.82, 2.24) is 54.4 Å². The molecular formula is C55H65N11O17. The zero-order valence-corrected chi connectivity index (χ0v) is 46.0. The Morgan fingerprint density at radius 1 is 0.482 bits per heavy atom. The molecule has 5 heterocycles. The summed E-state index contributed by atoms with van der Waals surface area (Å²) in [5.74, 6) is -9.09. The number of hydrogen-bond donors (Lipinski definition) is 8. The molecule has 8 N–H and O–H groups in total. The van der Waals surface area contributed by atoms with Gasteiger partial charge in [0.1, 0.15) is 5.78 Å². The van der Waals surface area contributed by atoms with Crippen LogP contribution >= 0.6 is 0 Å². The number of imide groups is 1. The molecule has 0 unspecified atom stereocenters. The first kappa shape index (κ1) is 62.5. The molecule has 0 bridgehead atoms. The third kappa shape index (κ3) is 16.7. The van der Waals surface area contributed by atoms with Gasteiger partial charge in [-0.3, -0.25) is 62.5 Å². The van der Waals surface area contributed by atoms with Gasteiger partial charge in [-0.25, -0.2) is 4.79 Å². The van der Waals surface area contributed by atoms with E-state index in [1.807, 2.05) is 9.80 Å². The number of nitrogens with zero attached hydrogens (tertiary/aromatic N) is 7. The van der Waals surface area contributed by atoms with Crippen LogP contribution in [0.4, 0.5) is 0 Å². The molecule has 5 aromatic rings. The highest BCUT2D eigenvalue weighted by atomic mass is 16.7. The lowest BCUT2D eigenvalue weighted by Gasteiger charge is -2.32. The van der Waals surface area contributed by atoms with E-state index in [4.69, 9.17) is 4.84 Å². The van der Waals surface area contributed by atoms with E-state index >= 15 is 0 Å². The topological polar surface area (TPSA) is 373 Å². The van der Waals surface area contributed by atoms with Crippen LogP contribution in [0, 0.1) is 5.92 Å². The van der Waals surface area contributed by atoms with E-state index in [9.17, 15) is 78.0 Å². The summed E-state index contributed by atoms with van der Waals surface area (Å²) in [5, 5.41) is 53.3. The van der Waals surface area contributed by atoms with Crippen LogP contribution in [0.15, 0.2) is 92.5 Å². The summed E-state index contributed by atoms with van der Waals surface area (Å²) in [6, 6.07) is 12.1. The summed E-state index contributed by atoms with van der Waals surface area (Å²) >= 11 is 0. The van der Waals surface area contributed by atoms with E-state index in [2.05, 4.69) is 21.3 Å². The van der Waals surface area contributed by atoms with Gasteiger partial charge in [0.05, 0.1) is 28.7 Å². The van der Waals surface area contributed by atoms with Crippen molar-refractivity contribution in [1.29, 1.82) is 0 Å². The van der Waals surface area contributed by atoms with E-state index < -0.39 is 92.6 Å². The van der Waals surface area contributed by atoms with Crippen molar-refractivity contribution in [3.05, 3.63) is 148 Å². The molecule has 1 aliphatic rings. The fourth-order valence-electron chi connectivity index (χ4n) is 8.88. The van der Waals surface area contributed by atoms with Crippen molar-refractivity contribution in [2.24, 2.45) is 34.1 Å². The first-order chi connectivity index (χ1) is 39.4. The van der Waals surface area contributed by atoms with Crippen molar-refractivity contribution < 1.29 is 63.6 Å². The van der Waals surface area contributed by atoms with Gasteiger partial charge in [-0.2, -0.15) is 0 Å². The number of amides is 6. The van der Waals surface area contributed by atoms with E-state index in [-0.39, 0.29) is 126 Å². The van der Waals surface area contributed by atoms with Gasteiger partial charge in [0, 0.05) is 144 Å². The minimum absolute atomic E-state index is 0.0642. The summed E-state index contributed by atoms with van der Waals surface area (Å²) in [4.78, 5) is 161. The number of rotatable bonds is 28. The molecule has 0 spiro atoms. The van der Waals surface area contributed by atoms with Crippen molar-refractivity contribution in [2.75, 3.05) is 65.4 Å². The maximum absolute atomic E-state index is 13.3. The molecule has 0 aliphatic carbocycles. The molecule has 442 valence electrons. The first-order valence-corrected chi connectivity index (χ1v) is 26.2. The molecule has 0 atom stereocenters. The molecule has 0 radical (unpaired) electrons. The van der Waals surface area contributed by atoms with Crippen molar-refractivity contribution in [2.45, 2.75) is 38.5 Å². The summed E-state index contributed by atoms with van der Waals surface area (Å²) < 4.78 is 4.38. The summed E-state index contributed by atoms with van der Waals surface area (Å²) in [7, 11) is 5.60. The third-order valence-corrected chi connectivity index (χ3v) is 13.6. The molecule has 28 heteroatoms. The van der Waals surface area contributed by atoms with E-state index in [0.29, 0.717) is 17.0 Å². The maximum Gasteiger partial charge on any atom is 0.333 e. The number of hydroxylamine groups is 2. The van der Waals surface area contributed by atoms with Crippen LogP contribution in [-0.2, 0) is 65.0 Å². The van der Waals surface area contributed by atoms with Crippen LogP contribution in [-0.4, -0.2) is 166 Å². The average molecular weight is 1150 g/mol. The SMILES string of the molecule is Cn1ccc(C(=O)NCCN(CCNC(=O)c2ccn(C)c(=O)c2O)CC(Cc2ccc(CC(=O)CCC(=O)ON3C(=O)CCC3=O)cc2)CN(CCNC(=O)c2ccn(C)c(=O)c2O)CCNC(=O)c2ccn(C)c(=O)c2O)c(O)c1=O. The highest BCUT2D eigenvalue weighted by Gasteiger charge is 2.33. The van der Waals surface area contributed by atoms with Crippen molar-refractivity contribution in [3.63, 3.8) is 0 Å². The van der Waals surface area contributed by atoms with Gasteiger partial charge in [-0.05, 0) is 47.7 Å². The quantitative estimate of drug-likeness (QED) is 0.0258. The zero-order valence-electron chi connectivity index (χ0n) is 46.0. The number of aromatic nitrogens is 4. The van der Waals surface area contributed by atoms with Crippen LogP contribution in [0.3, 0.4) is 0 Å². The number of ketones is 1. The molecular weight excluding hydrogens is 1090 g/mol. The van der Waals surface area contributed by atoms with Crippen molar-refractivity contribution in [3.8, 4) is 23.0 Å². The predicted molar refractivity (Wildman–Crippen MR) is 294 cm³/mol. The monoisotopic (exact) mass is 1150 g/mol. The Morgan fingerprint density at radius 2 is 0.795 bits per heavy atom. The second-order valence-corrected chi connectivity index (χ2v) is 19.7. The van der Waals surface area contributed by atoms with E-state index in [1.165, 1.54) is 77.2 Å². The number of Topliss-reactive ketones (excluding diaryl/α,β-unsaturated/α-hetero) is 1. The summed E-state index contributed by atoms with van der Waals surface area (Å²) in [5.41, 5.74) is -2.96. The Kier molecular flexibility index (Phi) is 21.6. The Balaban J connectivity index is 1.26. The fourth-order valence-corrected chi connectivity index (χ4v) is 8.88. The third-order valence-electron chi connectivity index (χ3n) is 13.6. The molecule has 6 amide bonds. The smallest absolute Gasteiger partial charge is 0.333 e. The van der Waals surface area contributed by atoms with Gasteiger partial charge in [0.15, 0.2) is 23.0 Å². The second-order valence-electron chi connectivity index (χ2n) is 19.7.